The Morgan fingerprint density at radius 1 is 1.14 bits per heavy atom. The Kier molecular flexibility index (Phi) is 4.54. The molecule has 0 N–H and O–H groups in total. The molecule has 3 heterocycles. The number of benzene rings is 1. The maximum atomic E-state index is 13.3. The Bertz CT molecular complexity index is 1180. The molecular formula is C22H25N5O2. The van der Waals surface area contributed by atoms with Gasteiger partial charge >= 0.3 is 0 Å². The molecule has 0 radical (unpaired) electrons. The second-order valence-corrected chi connectivity index (χ2v) is 8.30. The molecule has 1 aliphatic heterocycles. The molecular weight excluding hydrogens is 366 g/mol. The number of hydrogen-bond acceptors (Lipinski definition) is 5. The number of fused-ring (bicyclic) bond motifs is 1. The van der Waals surface area contributed by atoms with E-state index in [9.17, 15) is 9.59 Å². The van der Waals surface area contributed by atoms with E-state index >= 15 is 0 Å². The summed E-state index contributed by atoms with van der Waals surface area (Å²) in [6.07, 6.45) is 7.58. The largest absolute Gasteiger partial charge is 0.315 e. The summed E-state index contributed by atoms with van der Waals surface area (Å²) in [7, 11) is 1.74. The highest BCUT2D eigenvalue weighted by molar-refractivity contribution is 5.77. The van der Waals surface area contributed by atoms with Crippen LogP contribution in [0.15, 0.2) is 46.2 Å². The topological polar surface area (TPSA) is 73.0 Å². The van der Waals surface area contributed by atoms with Crippen molar-refractivity contribution in [2.45, 2.75) is 44.8 Å². The summed E-state index contributed by atoms with van der Waals surface area (Å²) in [6.45, 7) is 2.33. The molecule has 1 aromatic carbocycles. The average molecular weight is 391 g/mol. The summed E-state index contributed by atoms with van der Waals surface area (Å²) in [5.41, 5.74) is 1.59. The zero-order chi connectivity index (χ0) is 20.0. The smallest absolute Gasteiger partial charge is 0.268 e. The summed E-state index contributed by atoms with van der Waals surface area (Å²) >= 11 is 0. The van der Waals surface area contributed by atoms with Gasteiger partial charge in [-0.3, -0.25) is 24.0 Å². The number of rotatable bonds is 5. The molecule has 5 rings (SSSR count). The number of para-hydroxylation sites is 1. The summed E-state index contributed by atoms with van der Waals surface area (Å²) < 4.78 is 3.49. The van der Waals surface area contributed by atoms with Crippen molar-refractivity contribution in [2.24, 2.45) is 13.0 Å². The molecule has 0 amide bonds. The van der Waals surface area contributed by atoms with Gasteiger partial charge in [-0.1, -0.05) is 12.1 Å². The Hall–Kier alpha value is -2.80. The van der Waals surface area contributed by atoms with Gasteiger partial charge in [0.25, 0.3) is 11.1 Å². The third-order valence-electron chi connectivity index (χ3n) is 6.09. The van der Waals surface area contributed by atoms with E-state index in [1.54, 1.807) is 17.8 Å². The Morgan fingerprint density at radius 3 is 2.76 bits per heavy atom. The van der Waals surface area contributed by atoms with Crippen LogP contribution in [0.25, 0.3) is 10.9 Å². The van der Waals surface area contributed by atoms with Gasteiger partial charge in [0.15, 0.2) is 0 Å². The van der Waals surface area contributed by atoms with Crippen LogP contribution in [0.2, 0.25) is 0 Å². The molecule has 2 fully saturated rings. The molecule has 1 unspecified atom stereocenters. The summed E-state index contributed by atoms with van der Waals surface area (Å²) in [5.74, 6) is 1.47. The molecule has 2 aliphatic rings. The minimum absolute atomic E-state index is 0.0737. The molecule has 3 aromatic rings. The van der Waals surface area contributed by atoms with Crippen LogP contribution in [0.1, 0.15) is 43.2 Å². The van der Waals surface area contributed by atoms with Gasteiger partial charge in [0.2, 0.25) is 0 Å². The van der Waals surface area contributed by atoms with Crippen LogP contribution in [0, 0.1) is 5.92 Å². The molecule has 7 nitrogen and oxygen atoms in total. The van der Waals surface area contributed by atoms with Gasteiger partial charge in [0.05, 0.1) is 28.8 Å². The number of nitrogens with zero attached hydrogens (tertiary/aromatic N) is 5. The minimum atomic E-state index is -0.110. The molecule has 1 saturated carbocycles. The van der Waals surface area contributed by atoms with E-state index in [1.807, 2.05) is 28.8 Å². The first-order valence-electron chi connectivity index (χ1n) is 10.4. The van der Waals surface area contributed by atoms with Crippen molar-refractivity contribution in [3.8, 4) is 0 Å². The van der Waals surface area contributed by atoms with Gasteiger partial charge in [-0.05, 0) is 50.3 Å². The fraction of sp³-hybridized carbons (Fsp3) is 0.455. The Morgan fingerprint density at radius 2 is 1.97 bits per heavy atom. The van der Waals surface area contributed by atoms with Crippen molar-refractivity contribution < 1.29 is 0 Å². The van der Waals surface area contributed by atoms with E-state index < -0.39 is 0 Å². The van der Waals surface area contributed by atoms with Crippen molar-refractivity contribution in [1.29, 1.82) is 0 Å². The van der Waals surface area contributed by atoms with Crippen LogP contribution in [-0.2, 0) is 20.1 Å². The lowest BCUT2D eigenvalue weighted by atomic mass is 10.1. The van der Waals surface area contributed by atoms with Crippen molar-refractivity contribution in [1.82, 2.24) is 24.0 Å². The molecule has 1 atom stereocenters. The van der Waals surface area contributed by atoms with E-state index in [2.05, 4.69) is 9.88 Å². The number of aromatic nitrogens is 4. The first kappa shape index (κ1) is 18.2. The molecule has 29 heavy (non-hydrogen) atoms. The monoisotopic (exact) mass is 391 g/mol. The van der Waals surface area contributed by atoms with Gasteiger partial charge in [0.1, 0.15) is 5.82 Å². The predicted octanol–water partition coefficient (Wildman–Crippen LogP) is 2.24. The number of likely N-dealkylation sites (tertiary alicyclic amines) is 1. The summed E-state index contributed by atoms with van der Waals surface area (Å²) in [4.78, 5) is 36.5. The van der Waals surface area contributed by atoms with E-state index in [4.69, 9.17) is 4.98 Å². The lowest BCUT2D eigenvalue weighted by Crippen LogP contribution is -2.33. The zero-order valence-corrected chi connectivity index (χ0v) is 16.6. The molecule has 1 saturated heterocycles. The molecule has 2 aromatic heterocycles. The highest BCUT2D eigenvalue weighted by Gasteiger charge is 2.32. The quantitative estimate of drug-likeness (QED) is 0.667. The summed E-state index contributed by atoms with van der Waals surface area (Å²) in [6, 6.07) is 7.73. The SMILES string of the molecule is Cn1cc(CN2CCCC2c2nc3ccccc3c(=O)n2CC2CC2)ncc1=O. The summed E-state index contributed by atoms with van der Waals surface area (Å²) in [5, 5.41) is 0.696. The second-order valence-electron chi connectivity index (χ2n) is 8.30. The zero-order valence-electron chi connectivity index (χ0n) is 16.6. The predicted molar refractivity (Wildman–Crippen MR) is 111 cm³/mol. The lowest BCUT2D eigenvalue weighted by molar-refractivity contribution is 0.229. The normalized spacial score (nSPS) is 19.8. The first-order chi connectivity index (χ1) is 14.1. The maximum absolute atomic E-state index is 13.3. The van der Waals surface area contributed by atoms with Gasteiger partial charge in [-0.25, -0.2) is 4.98 Å². The minimum Gasteiger partial charge on any atom is -0.315 e. The Labute approximate surface area is 168 Å². The van der Waals surface area contributed by atoms with Crippen LogP contribution < -0.4 is 11.1 Å². The van der Waals surface area contributed by atoms with Crippen molar-refractivity contribution in [2.75, 3.05) is 6.54 Å². The Balaban J connectivity index is 1.54. The maximum Gasteiger partial charge on any atom is 0.268 e. The molecule has 7 heteroatoms. The molecule has 0 spiro atoms. The lowest BCUT2D eigenvalue weighted by Gasteiger charge is -2.26. The highest BCUT2D eigenvalue weighted by Crippen LogP contribution is 2.35. The van der Waals surface area contributed by atoms with Gasteiger partial charge in [0, 0.05) is 26.3 Å². The van der Waals surface area contributed by atoms with Crippen LogP contribution >= 0.6 is 0 Å². The van der Waals surface area contributed by atoms with Crippen LogP contribution in [0.3, 0.4) is 0 Å². The van der Waals surface area contributed by atoms with Crippen LogP contribution in [-0.4, -0.2) is 30.5 Å². The molecule has 1 aliphatic carbocycles. The van der Waals surface area contributed by atoms with Crippen molar-refractivity contribution in [3.05, 3.63) is 68.9 Å². The van der Waals surface area contributed by atoms with E-state index in [0.29, 0.717) is 17.8 Å². The third-order valence-corrected chi connectivity index (χ3v) is 6.09. The van der Waals surface area contributed by atoms with E-state index in [1.165, 1.54) is 19.0 Å². The van der Waals surface area contributed by atoms with E-state index in [0.717, 1.165) is 43.0 Å². The molecule has 150 valence electrons. The van der Waals surface area contributed by atoms with Gasteiger partial charge in [-0.15, -0.1) is 0 Å². The number of hydrogen-bond donors (Lipinski definition) is 0. The van der Waals surface area contributed by atoms with Crippen LogP contribution in [0.4, 0.5) is 0 Å². The average Bonchev–Trinajstić information content (AvgIpc) is 3.43. The van der Waals surface area contributed by atoms with Gasteiger partial charge in [-0.2, -0.15) is 0 Å². The highest BCUT2D eigenvalue weighted by atomic mass is 16.1. The first-order valence-corrected chi connectivity index (χ1v) is 10.4. The van der Waals surface area contributed by atoms with Crippen molar-refractivity contribution in [3.63, 3.8) is 0 Å². The molecule has 0 bridgehead atoms. The van der Waals surface area contributed by atoms with Gasteiger partial charge < -0.3 is 4.57 Å². The van der Waals surface area contributed by atoms with E-state index in [-0.39, 0.29) is 17.2 Å². The number of aryl methyl sites for hydroxylation is 1. The standard InChI is InChI=1S/C22H25N5O2/c1-25-13-16(23-11-20(25)28)14-26-10-4-7-19(26)21-24-18-6-3-2-5-17(18)22(29)27(21)12-15-8-9-15/h2-3,5-6,11,13,15,19H,4,7-10,12,14H2,1H3. The van der Waals surface area contributed by atoms with Crippen molar-refractivity contribution >= 4 is 10.9 Å². The fourth-order valence-corrected chi connectivity index (χ4v) is 4.32. The second kappa shape index (κ2) is 7.22. The van der Waals surface area contributed by atoms with Crippen LogP contribution in [0.5, 0.6) is 0 Å². The third kappa shape index (κ3) is 3.51. The fourth-order valence-electron chi connectivity index (χ4n) is 4.32.